The third kappa shape index (κ3) is 5.94. The van der Waals surface area contributed by atoms with E-state index in [2.05, 4.69) is 17.6 Å². The monoisotopic (exact) mass is 403 g/mol. The molecule has 1 aliphatic heterocycles. The number of amides is 1. The SMILES string of the molecule is CCCNCCNC(=O)c1ccc(S(=O)(=O)N2CCCCC2C)cc1.Cl. The van der Waals surface area contributed by atoms with E-state index in [1.54, 1.807) is 16.4 Å². The van der Waals surface area contributed by atoms with E-state index in [0.717, 1.165) is 38.8 Å². The van der Waals surface area contributed by atoms with Crippen molar-refractivity contribution in [1.82, 2.24) is 14.9 Å². The molecule has 1 amide bonds. The molecular weight excluding hydrogens is 374 g/mol. The van der Waals surface area contributed by atoms with Gasteiger partial charge in [0.25, 0.3) is 5.91 Å². The molecule has 0 saturated carbocycles. The molecule has 148 valence electrons. The Hall–Kier alpha value is -1.15. The molecule has 1 saturated heterocycles. The number of benzene rings is 1. The Balaban J connectivity index is 0.00000338. The summed E-state index contributed by atoms with van der Waals surface area (Å²) in [5.74, 6) is -0.186. The molecule has 2 N–H and O–H groups in total. The standard InChI is InChI=1S/C18H29N3O3S.ClH/c1-3-11-19-12-13-20-18(22)16-7-9-17(10-8-16)25(23,24)21-14-5-4-6-15(21)2;/h7-10,15,19H,3-6,11-14H2,1-2H3,(H,20,22);1H. The minimum atomic E-state index is -3.49. The van der Waals surface area contributed by atoms with E-state index in [0.29, 0.717) is 18.7 Å². The first-order chi connectivity index (χ1) is 12.0. The molecule has 1 heterocycles. The van der Waals surface area contributed by atoms with Crippen molar-refractivity contribution in [2.24, 2.45) is 0 Å². The number of carbonyl (C=O) groups is 1. The maximum atomic E-state index is 12.8. The van der Waals surface area contributed by atoms with E-state index >= 15 is 0 Å². The van der Waals surface area contributed by atoms with Crippen LogP contribution in [0.3, 0.4) is 0 Å². The first-order valence-electron chi connectivity index (χ1n) is 9.07. The average Bonchev–Trinajstić information content (AvgIpc) is 2.61. The molecule has 0 aliphatic carbocycles. The van der Waals surface area contributed by atoms with Crippen molar-refractivity contribution in [3.05, 3.63) is 29.8 Å². The minimum absolute atomic E-state index is 0. The molecule has 1 fully saturated rings. The van der Waals surface area contributed by atoms with Crippen molar-refractivity contribution in [2.75, 3.05) is 26.2 Å². The van der Waals surface area contributed by atoms with E-state index in [4.69, 9.17) is 0 Å². The molecule has 1 aliphatic rings. The molecule has 0 aromatic heterocycles. The van der Waals surface area contributed by atoms with Crippen molar-refractivity contribution >= 4 is 28.3 Å². The quantitative estimate of drug-likeness (QED) is 0.653. The molecule has 0 bridgehead atoms. The smallest absolute Gasteiger partial charge is 0.251 e. The van der Waals surface area contributed by atoms with Crippen molar-refractivity contribution < 1.29 is 13.2 Å². The van der Waals surface area contributed by atoms with Crippen molar-refractivity contribution in [3.8, 4) is 0 Å². The van der Waals surface area contributed by atoms with Crippen LogP contribution in [-0.2, 0) is 10.0 Å². The van der Waals surface area contributed by atoms with E-state index in [1.807, 2.05) is 6.92 Å². The van der Waals surface area contributed by atoms with Gasteiger partial charge in [-0.2, -0.15) is 4.31 Å². The van der Waals surface area contributed by atoms with Crippen LogP contribution in [-0.4, -0.2) is 50.9 Å². The number of piperidine rings is 1. The number of halogens is 1. The van der Waals surface area contributed by atoms with Crippen LogP contribution >= 0.6 is 12.4 Å². The number of hydrogen-bond donors (Lipinski definition) is 2. The molecule has 8 heteroatoms. The number of nitrogens with zero attached hydrogens (tertiary/aromatic N) is 1. The van der Waals surface area contributed by atoms with E-state index < -0.39 is 10.0 Å². The summed E-state index contributed by atoms with van der Waals surface area (Å²) in [6.45, 7) is 6.80. The lowest BCUT2D eigenvalue weighted by atomic mass is 10.1. The summed E-state index contributed by atoms with van der Waals surface area (Å²) in [4.78, 5) is 12.3. The summed E-state index contributed by atoms with van der Waals surface area (Å²) in [6, 6.07) is 6.24. The van der Waals surface area contributed by atoms with Gasteiger partial charge < -0.3 is 10.6 Å². The lowest BCUT2D eigenvalue weighted by Gasteiger charge is -2.32. The van der Waals surface area contributed by atoms with Crippen molar-refractivity contribution in [3.63, 3.8) is 0 Å². The predicted molar refractivity (Wildman–Crippen MR) is 106 cm³/mol. The van der Waals surface area contributed by atoms with Crippen LogP contribution in [0.4, 0.5) is 0 Å². The number of carbonyl (C=O) groups excluding carboxylic acids is 1. The number of nitrogens with one attached hydrogen (secondary N) is 2. The Morgan fingerprint density at radius 2 is 1.85 bits per heavy atom. The van der Waals surface area contributed by atoms with Crippen LogP contribution < -0.4 is 10.6 Å². The largest absolute Gasteiger partial charge is 0.351 e. The summed E-state index contributed by atoms with van der Waals surface area (Å²) in [6.07, 6.45) is 3.92. The molecule has 2 rings (SSSR count). The van der Waals surface area contributed by atoms with Gasteiger partial charge in [0.1, 0.15) is 0 Å². The van der Waals surface area contributed by atoms with Gasteiger partial charge >= 0.3 is 0 Å². The highest BCUT2D eigenvalue weighted by Gasteiger charge is 2.30. The maximum Gasteiger partial charge on any atom is 0.251 e. The highest BCUT2D eigenvalue weighted by molar-refractivity contribution is 7.89. The first kappa shape index (κ1) is 22.9. The lowest BCUT2D eigenvalue weighted by molar-refractivity contribution is 0.0954. The predicted octanol–water partition coefficient (Wildman–Crippen LogP) is 2.40. The van der Waals surface area contributed by atoms with Crippen LogP contribution in [0, 0.1) is 0 Å². The molecule has 0 spiro atoms. The lowest BCUT2D eigenvalue weighted by Crippen LogP contribution is -2.41. The maximum absolute atomic E-state index is 12.8. The van der Waals surface area contributed by atoms with Crippen molar-refractivity contribution in [1.29, 1.82) is 0 Å². The second-order valence-corrected chi connectivity index (χ2v) is 8.38. The van der Waals surface area contributed by atoms with Gasteiger partial charge in [0.2, 0.25) is 10.0 Å². The second kappa shape index (κ2) is 10.9. The summed E-state index contributed by atoms with van der Waals surface area (Å²) >= 11 is 0. The fourth-order valence-electron chi connectivity index (χ4n) is 3.01. The third-order valence-electron chi connectivity index (χ3n) is 4.48. The highest BCUT2D eigenvalue weighted by Crippen LogP contribution is 2.25. The Kier molecular flexibility index (Phi) is 9.57. The number of rotatable bonds is 8. The van der Waals surface area contributed by atoms with Gasteiger partial charge in [0.15, 0.2) is 0 Å². The number of hydrogen-bond acceptors (Lipinski definition) is 4. The Morgan fingerprint density at radius 3 is 2.46 bits per heavy atom. The summed E-state index contributed by atoms with van der Waals surface area (Å²) in [5.41, 5.74) is 0.473. The summed E-state index contributed by atoms with van der Waals surface area (Å²) in [7, 11) is -3.49. The molecular formula is C18H30ClN3O3S. The van der Waals surface area contributed by atoms with Crippen LogP contribution in [0.15, 0.2) is 29.2 Å². The topological polar surface area (TPSA) is 78.5 Å². The molecule has 26 heavy (non-hydrogen) atoms. The van der Waals surface area contributed by atoms with E-state index in [-0.39, 0.29) is 29.3 Å². The van der Waals surface area contributed by atoms with Gasteiger partial charge in [-0.15, -0.1) is 12.4 Å². The molecule has 6 nitrogen and oxygen atoms in total. The zero-order chi connectivity index (χ0) is 18.3. The third-order valence-corrected chi connectivity index (χ3v) is 6.51. The highest BCUT2D eigenvalue weighted by atomic mass is 35.5. The Bertz CT molecular complexity index is 665. The zero-order valence-electron chi connectivity index (χ0n) is 15.5. The molecule has 0 radical (unpaired) electrons. The van der Waals surface area contributed by atoms with Gasteiger partial charge in [-0.1, -0.05) is 13.3 Å². The fourth-order valence-corrected chi connectivity index (χ4v) is 4.71. The van der Waals surface area contributed by atoms with Gasteiger partial charge in [-0.3, -0.25) is 4.79 Å². The van der Waals surface area contributed by atoms with Gasteiger partial charge in [-0.25, -0.2) is 8.42 Å². The fraction of sp³-hybridized carbons (Fsp3) is 0.611. The average molecular weight is 404 g/mol. The van der Waals surface area contributed by atoms with Crippen LogP contribution in [0.25, 0.3) is 0 Å². The summed E-state index contributed by atoms with van der Waals surface area (Å²) < 4.78 is 27.1. The van der Waals surface area contributed by atoms with Gasteiger partial charge in [0.05, 0.1) is 4.90 Å². The molecule has 1 aromatic rings. The number of sulfonamides is 1. The van der Waals surface area contributed by atoms with Crippen molar-refractivity contribution in [2.45, 2.75) is 50.5 Å². The van der Waals surface area contributed by atoms with E-state index in [9.17, 15) is 13.2 Å². The van der Waals surface area contributed by atoms with Crippen LogP contribution in [0.5, 0.6) is 0 Å². The minimum Gasteiger partial charge on any atom is -0.351 e. The van der Waals surface area contributed by atoms with Gasteiger partial charge in [-0.05, 0) is 57.0 Å². The molecule has 1 aromatic carbocycles. The summed E-state index contributed by atoms with van der Waals surface area (Å²) in [5, 5.41) is 6.04. The first-order valence-corrected chi connectivity index (χ1v) is 10.5. The molecule has 1 unspecified atom stereocenters. The molecule has 1 atom stereocenters. The van der Waals surface area contributed by atoms with Crippen LogP contribution in [0.2, 0.25) is 0 Å². The Labute approximate surface area is 163 Å². The van der Waals surface area contributed by atoms with Gasteiger partial charge in [0, 0.05) is 31.2 Å². The second-order valence-electron chi connectivity index (χ2n) is 6.49. The normalized spacial score (nSPS) is 18.2. The van der Waals surface area contributed by atoms with Crippen LogP contribution in [0.1, 0.15) is 49.9 Å². The van der Waals surface area contributed by atoms with E-state index in [1.165, 1.54) is 12.1 Å². The Morgan fingerprint density at radius 1 is 1.15 bits per heavy atom. The zero-order valence-corrected chi connectivity index (χ0v) is 17.2.